The Labute approximate surface area is 153 Å². The quantitative estimate of drug-likeness (QED) is 0.840. The van der Waals surface area contributed by atoms with Crippen LogP contribution in [-0.4, -0.2) is 53.4 Å². The molecule has 2 fully saturated rings. The molecule has 4 rings (SSSR count). The third-order valence-electron chi connectivity index (χ3n) is 5.61. The fraction of sp³-hybridized carbons (Fsp3) is 0.600. The monoisotopic (exact) mass is 357 g/mol. The molecule has 0 spiro atoms. The molecule has 0 unspecified atom stereocenters. The van der Waals surface area contributed by atoms with Crippen molar-refractivity contribution < 1.29 is 4.79 Å². The molecule has 4 nitrogen and oxygen atoms in total. The van der Waals surface area contributed by atoms with Gasteiger partial charge in [-0.05, 0) is 50.3 Å². The molecule has 2 aliphatic rings. The lowest BCUT2D eigenvalue weighted by Gasteiger charge is -2.35. The number of aromatic nitrogens is 1. The van der Waals surface area contributed by atoms with Gasteiger partial charge in [0.2, 0.25) is 5.91 Å². The minimum Gasteiger partial charge on any atom is -0.342 e. The van der Waals surface area contributed by atoms with Gasteiger partial charge in [-0.15, -0.1) is 11.3 Å². The molecule has 0 saturated carbocycles. The zero-order valence-electron chi connectivity index (χ0n) is 15.0. The number of rotatable bonds is 3. The summed E-state index contributed by atoms with van der Waals surface area (Å²) in [6, 6.07) is 8.37. The highest BCUT2D eigenvalue weighted by molar-refractivity contribution is 7.18. The van der Waals surface area contributed by atoms with Crippen LogP contribution in [0.15, 0.2) is 24.3 Å². The molecule has 2 aliphatic heterocycles. The van der Waals surface area contributed by atoms with E-state index in [4.69, 9.17) is 4.98 Å². The van der Waals surface area contributed by atoms with Crippen LogP contribution in [0.4, 0.5) is 0 Å². The van der Waals surface area contributed by atoms with E-state index in [0.717, 1.165) is 50.5 Å². The highest BCUT2D eigenvalue weighted by atomic mass is 32.1. The number of para-hydroxylation sites is 1. The van der Waals surface area contributed by atoms with E-state index in [9.17, 15) is 4.79 Å². The van der Waals surface area contributed by atoms with Crippen molar-refractivity contribution in [2.24, 2.45) is 5.92 Å². The molecule has 25 heavy (non-hydrogen) atoms. The van der Waals surface area contributed by atoms with Crippen LogP contribution in [0.25, 0.3) is 10.2 Å². The largest absolute Gasteiger partial charge is 0.342 e. The molecule has 1 amide bonds. The van der Waals surface area contributed by atoms with Crippen LogP contribution in [0.1, 0.15) is 43.5 Å². The van der Waals surface area contributed by atoms with Crippen molar-refractivity contribution in [1.29, 1.82) is 0 Å². The van der Waals surface area contributed by atoms with E-state index in [1.54, 1.807) is 0 Å². The van der Waals surface area contributed by atoms with Crippen LogP contribution in [0, 0.1) is 5.92 Å². The SMILES string of the molecule is C[C@H]1CCCN(CC(=O)N2CCC(c3nc4ccccc4s3)CC2)C1. The van der Waals surface area contributed by atoms with Crippen LogP contribution < -0.4 is 0 Å². The molecule has 0 N–H and O–H groups in total. The fourth-order valence-electron chi connectivity index (χ4n) is 4.16. The highest BCUT2D eigenvalue weighted by Crippen LogP contribution is 2.33. The second-order valence-corrected chi connectivity index (χ2v) is 8.72. The number of thiazole rings is 1. The number of likely N-dealkylation sites (tertiary alicyclic amines) is 2. The van der Waals surface area contributed by atoms with Crippen molar-refractivity contribution in [2.45, 2.75) is 38.5 Å². The first-order chi connectivity index (χ1) is 12.2. The van der Waals surface area contributed by atoms with E-state index in [1.807, 2.05) is 11.3 Å². The lowest BCUT2D eigenvalue weighted by molar-refractivity contribution is -0.133. The van der Waals surface area contributed by atoms with Gasteiger partial charge in [0.15, 0.2) is 0 Å². The molecule has 0 radical (unpaired) electrons. The van der Waals surface area contributed by atoms with E-state index >= 15 is 0 Å². The van der Waals surface area contributed by atoms with E-state index in [-0.39, 0.29) is 0 Å². The van der Waals surface area contributed by atoms with Gasteiger partial charge in [0.05, 0.1) is 21.8 Å². The number of hydrogen-bond acceptors (Lipinski definition) is 4. The van der Waals surface area contributed by atoms with Crippen molar-refractivity contribution in [3.63, 3.8) is 0 Å². The first kappa shape index (κ1) is 17.0. The summed E-state index contributed by atoms with van der Waals surface area (Å²) >= 11 is 1.82. The summed E-state index contributed by atoms with van der Waals surface area (Å²) in [5.74, 6) is 1.56. The first-order valence-electron chi connectivity index (χ1n) is 9.54. The number of fused-ring (bicyclic) bond motifs is 1. The van der Waals surface area contributed by atoms with Gasteiger partial charge in [-0.1, -0.05) is 19.1 Å². The Balaban J connectivity index is 1.32. The van der Waals surface area contributed by atoms with E-state index in [1.165, 1.54) is 22.5 Å². The molecule has 0 bridgehead atoms. The number of benzene rings is 1. The Bertz CT molecular complexity index is 702. The summed E-state index contributed by atoms with van der Waals surface area (Å²) in [5.41, 5.74) is 1.11. The predicted molar refractivity (Wildman–Crippen MR) is 103 cm³/mol. The van der Waals surface area contributed by atoms with Gasteiger partial charge >= 0.3 is 0 Å². The number of carbonyl (C=O) groups is 1. The maximum Gasteiger partial charge on any atom is 0.236 e. The third-order valence-corrected chi connectivity index (χ3v) is 6.81. The minimum absolute atomic E-state index is 0.317. The second kappa shape index (κ2) is 7.42. The van der Waals surface area contributed by atoms with E-state index < -0.39 is 0 Å². The second-order valence-electron chi connectivity index (χ2n) is 7.66. The maximum atomic E-state index is 12.6. The minimum atomic E-state index is 0.317. The van der Waals surface area contributed by atoms with Gasteiger partial charge in [0, 0.05) is 25.6 Å². The fourth-order valence-corrected chi connectivity index (χ4v) is 5.30. The molecule has 1 atom stereocenters. The Hall–Kier alpha value is -1.46. The molecular formula is C20H27N3OS. The van der Waals surface area contributed by atoms with Crippen molar-refractivity contribution in [1.82, 2.24) is 14.8 Å². The van der Waals surface area contributed by atoms with Gasteiger partial charge in [-0.2, -0.15) is 0 Å². The predicted octanol–water partition coefficient (Wildman–Crippen LogP) is 3.73. The smallest absolute Gasteiger partial charge is 0.236 e. The molecule has 2 aromatic rings. The van der Waals surface area contributed by atoms with Gasteiger partial charge in [-0.3, -0.25) is 9.69 Å². The molecule has 0 aliphatic carbocycles. The molecule has 1 aromatic heterocycles. The van der Waals surface area contributed by atoms with Crippen molar-refractivity contribution in [3.05, 3.63) is 29.3 Å². The van der Waals surface area contributed by atoms with Crippen molar-refractivity contribution in [3.8, 4) is 0 Å². The number of piperidine rings is 2. The van der Waals surface area contributed by atoms with Crippen LogP contribution in [0.3, 0.4) is 0 Å². The Morgan fingerprint density at radius 1 is 1.20 bits per heavy atom. The van der Waals surface area contributed by atoms with Crippen LogP contribution in [0.5, 0.6) is 0 Å². The van der Waals surface area contributed by atoms with Crippen molar-refractivity contribution in [2.75, 3.05) is 32.7 Å². The van der Waals surface area contributed by atoms with Crippen molar-refractivity contribution >= 4 is 27.5 Å². The lowest BCUT2D eigenvalue weighted by atomic mass is 9.97. The zero-order valence-corrected chi connectivity index (χ0v) is 15.8. The molecule has 3 heterocycles. The average Bonchev–Trinajstić information content (AvgIpc) is 3.06. The molecule has 1 aromatic carbocycles. The highest BCUT2D eigenvalue weighted by Gasteiger charge is 2.27. The van der Waals surface area contributed by atoms with Crippen LogP contribution in [0.2, 0.25) is 0 Å². The van der Waals surface area contributed by atoms with Crippen LogP contribution in [-0.2, 0) is 4.79 Å². The van der Waals surface area contributed by atoms with E-state index in [2.05, 4.69) is 41.0 Å². The van der Waals surface area contributed by atoms with Gasteiger partial charge in [0.25, 0.3) is 0 Å². The number of hydrogen-bond donors (Lipinski definition) is 0. The summed E-state index contributed by atoms with van der Waals surface area (Å²) in [7, 11) is 0. The molecule has 2 saturated heterocycles. The van der Waals surface area contributed by atoms with Crippen LogP contribution >= 0.6 is 11.3 Å². The molecule has 5 heteroatoms. The molecular weight excluding hydrogens is 330 g/mol. The standard InChI is InChI=1S/C20H27N3OS/c1-15-5-4-10-22(13-15)14-19(24)23-11-8-16(9-12-23)20-21-17-6-2-3-7-18(17)25-20/h2-3,6-7,15-16H,4-5,8-14H2,1H3/t15-/m0/s1. The summed E-state index contributed by atoms with van der Waals surface area (Å²) < 4.78 is 1.27. The summed E-state index contributed by atoms with van der Waals surface area (Å²) in [6.45, 7) is 6.81. The Morgan fingerprint density at radius 3 is 2.76 bits per heavy atom. The number of nitrogens with zero attached hydrogens (tertiary/aromatic N) is 3. The summed E-state index contributed by atoms with van der Waals surface area (Å²) in [5, 5.41) is 1.25. The first-order valence-corrected chi connectivity index (χ1v) is 10.4. The Kier molecular flexibility index (Phi) is 5.04. The number of carbonyl (C=O) groups excluding carboxylic acids is 1. The maximum absolute atomic E-state index is 12.6. The summed E-state index contributed by atoms with van der Waals surface area (Å²) in [6.07, 6.45) is 4.62. The summed E-state index contributed by atoms with van der Waals surface area (Å²) in [4.78, 5) is 21.9. The Morgan fingerprint density at radius 2 is 2.00 bits per heavy atom. The van der Waals surface area contributed by atoms with E-state index in [0.29, 0.717) is 18.4 Å². The topological polar surface area (TPSA) is 36.4 Å². The zero-order chi connectivity index (χ0) is 17.2. The van der Waals surface area contributed by atoms with Gasteiger partial charge < -0.3 is 4.90 Å². The normalized spacial score (nSPS) is 23.2. The lowest BCUT2D eigenvalue weighted by Crippen LogP contribution is -2.46. The third kappa shape index (κ3) is 3.87. The van der Waals surface area contributed by atoms with Gasteiger partial charge in [0.1, 0.15) is 0 Å². The molecule has 134 valence electrons. The van der Waals surface area contributed by atoms with Gasteiger partial charge in [-0.25, -0.2) is 4.98 Å². The number of amides is 1. The average molecular weight is 358 g/mol.